The highest BCUT2D eigenvalue weighted by atomic mass is 32.1. The van der Waals surface area contributed by atoms with Gasteiger partial charge in [0.2, 0.25) is 0 Å². The molecule has 13 nitrogen and oxygen atoms in total. The number of allylic oxidation sites excluding steroid dienone is 2. The molecule has 314 valence electrons. The number of carbonyl (C=O) groups is 2. The molecule has 0 amide bonds. The van der Waals surface area contributed by atoms with E-state index in [-0.39, 0.29) is 34.3 Å². The highest BCUT2D eigenvalue weighted by Crippen LogP contribution is 2.38. The van der Waals surface area contributed by atoms with E-state index in [1.165, 1.54) is 31.8 Å². The maximum Gasteiger partial charge on any atom is 0.494 e. The SMILES string of the molecule is C/C=C\C(N)=C/N.COC(=O)c1cc2ccc(B3OC(C)(C)C(C)(C)O3)cc2n1C.COC(=O)c1cc2ccc(B3OC(C)(C)C(C)(C)O3)cc2s1.NC1CCOC1. The fourth-order valence-corrected chi connectivity index (χ4v) is 6.98. The van der Waals surface area contributed by atoms with Gasteiger partial charge >= 0.3 is 26.2 Å². The van der Waals surface area contributed by atoms with E-state index in [9.17, 15) is 9.59 Å². The largest absolute Gasteiger partial charge is 0.494 e. The number of hydrogen-bond acceptors (Lipinski definition) is 13. The van der Waals surface area contributed by atoms with Crippen molar-refractivity contribution >= 4 is 69.4 Å². The van der Waals surface area contributed by atoms with Crippen LogP contribution < -0.4 is 28.1 Å². The second kappa shape index (κ2) is 18.8. The molecule has 5 heterocycles. The molecule has 3 saturated heterocycles. The molecule has 0 bridgehead atoms. The van der Waals surface area contributed by atoms with Gasteiger partial charge < -0.3 is 54.6 Å². The molecule has 6 N–H and O–H groups in total. The minimum atomic E-state index is -0.416. The summed E-state index contributed by atoms with van der Waals surface area (Å²) in [6.07, 6.45) is 5.97. The summed E-state index contributed by atoms with van der Waals surface area (Å²) in [5.41, 5.74) is 18.1. The van der Waals surface area contributed by atoms with Crippen molar-refractivity contribution in [1.82, 2.24) is 4.57 Å². The standard InChI is InChI=1S/C17H22BNO4.C16H19BO4S.C5H10N2.C4H9NO/c1-16(2)17(3,4)23-18(22-16)12-8-7-11-9-14(15(20)21-6)19(5)13(11)10-12;1-15(2)16(3,4)21-17(20-15)11-7-6-10-8-13(14(18)19-5)22-12(10)9-11;1-2-3-5(7)4-6;5-4-1-2-6-3-4/h7-10H,1-6H3;6-9H,1-5H3;2-4H,6-7H2,1H3;4H,1-3,5H2/b;;3-2-,5-4+;. The van der Waals surface area contributed by atoms with Gasteiger partial charge in [-0.25, -0.2) is 9.59 Å². The van der Waals surface area contributed by atoms with Gasteiger partial charge in [-0.2, -0.15) is 0 Å². The van der Waals surface area contributed by atoms with Crippen molar-refractivity contribution in [2.45, 2.75) is 97.2 Å². The number of esters is 2. The van der Waals surface area contributed by atoms with Crippen molar-refractivity contribution in [2.75, 3.05) is 27.4 Å². The lowest BCUT2D eigenvalue weighted by atomic mass is 9.79. The van der Waals surface area contributed by atoms with Crippen LogP contribution in [0.25, 0.3) is 21.0 Å². The average molecular weight is 819 g/mol. The molecule has 7 rings (SSSR count). The van der Waals surface area contributed by atoms with E-state index < -0.39 is 14.2 Å². The van der Waals surface area contributed by atoms with Crippen molar-refractivity contribution in [3.63, 3.8) is 0 Å². The third kappa shape index (κ3) is 10.7. The summed E-state index contributed by atoms with van der Waals surface area (Å²) >= 11 is 1.42. The molecule has 2 aromatic heterocycles. The Bertz CT molecular complexity index is 2090. The number of nitrogens with two attached hydrogens (primary N) is 3. The van der Waals surface area contributed by atoms with Crippen molar-refractivity contribution < 1.29 is 42.4 Å². The highest BCUT2D eigenvalue weighted by molar-refractivity contribution is 7.20. The molecule has 3 aliphatic rings. The molecule has 0 saturated carbocycles. The first-order valence-electron chi connectivity index (χ1n) is 19.2. The first kappa shape index (κ1) is 46.5. The summed E-state index contributed by atoms with van der Waals surface area (Å²) in [6.45, 7) is 19.8. The van der Waals surface area contributed by atoms with Crippen LogP contribution in [0.15, 0.2) is 72.6 Å². The number of aryl methyl sites for hydroxylation is 1. The number of benzene rings is 2. The van der Waals surface area contributed by atoms with Crippen LogP contribution >= 0.6 is 11.3 Å². The van der Waals surface area contributed by atoms with Gasteiger partial charge in [0.1, 0.15) is 10.6 Å². The third-order valence-corrected chi connectivity index (χ3v) is 12.0. The number of carbonyl (C=O) groups excluding carboxylic acids is 2. The Kier molecular flexibility index (Phi) is 15.1. The molecule has 3 aliphatic heterocycles. The predicted molar refractivity (Wildman–Crippen MR) is 234 cm³/mol. The lowest BCUT2D eigenvalue weighted by Crippen LogP contribution is -2.41. The van der Waals surface area contributed by atoms with Crippen molar-refractivity contribution in [1.29, 1.82) is 0 Å². The van der Waals surface area contributed by atoms with E-state index in [1.807, 2.05) is 129 Å². The summed E-state index contributed by atoms with van der Waals surface area (Å²) in [5.74, 6) is -0.653. The Morgan fingerprint density at radius 3 is 1.74 bits per heavy atom. The minimum absolute atomic E-state index is 0.307. The Balaban J connectivity index is 0.000000197. The Labute approximate surface area is 347 Å². The monoisotopic (exact) mass is 818 g/mol. The molecule has 2 aromatic carbocycles. The predicted octanol–water partition coefficient (Wildman–Crippen LogP) is 5.31. The van der Waals surface area contributed by atoms with E-state index in [1.54, 1.807) is 6.08 Å². The number of aromatic nitrogens is 1. The Morgan fingerprint density at radius 2 is 1.33 bits per heavy atom. The van der Waals surface area contributed by atoms with Crippen LogP contribution in [0, 0.1) is 0 Å². The van der Waals surface area contributed by atoms with E-state index in [0.29, 0.717) is 22.3 Å². The number of ether oxygens (including phenoxy) is 3. The lowest BCUT2D eigenvalue weighted by molar-refractivity contribution is 0.00578. The summed E-state index contributed by atoms with van der Waals surface area (Å²) in [5, 5.41) is 2.00. The molecule has 3 fully saturated rings. The molecule has 4 aromatic rings. The first-order chi connectivity index (χ1) is 27.1. The highest BCUT2D eigenvalue weighted by Gasteiger charge is 2.52. The number of rotatable bonds is 5. The quantitative estimate of drug-likeness (QED) is 0.134. The van der Waals surface area contributed by atoms with Crippen LogP contribution in [0.1, 0.15) is 88.9 Å². The second-order valence-electron chi connectivity index (χ2n) is 16.3. The summed E-state index contributed by atoms with van der Waals surface area (Å²) < 4.78 is 41.7. The molecule has 0 spiro atoms. The molecule has 0 radical (unpaired) electrons. The zero-order valence-electron chi connectivity index (χ0n) is 36.0. The zero-order chi connectivity index (χ0) is 43.2. The normalized spacial score (nSPS) is 20.2. The summed E-state index contributed by atoms with van der Waals surface area (Å²) in [7, 11) is 3.82. The van der Waals surface area contributed by atoms with Gasteiger partial charge in [0.15, 0.2) is 0 Å². The van der Waals surface area contributed by atoms with Crippen molar-refractivity contribution in [3.05, 3.63) is 83.2 Å². The lowest BCUT2D eigenvalue weighted by Gasteiger charge is -2.32. The van der Waals surface area contributed by atoms with Crippen LogP contribution in [-0.4, -0.2) is 86.6 Å². The fourth-order valence-electron chi connectivity index (χ4n) is 5.95. The van der Waals surface area contributed by atoms with Crippen LogP contribution in [0.3, 0.4) is 0 Å². The van der Waals surface area contributed by atoms with Gasteiger partial charge in [-0.3, -0.25) is 0 Å². The van der Waals surface area contributed by atoms with E-state index >= 15 is 0 Å². The van der Waals surface area contributed by atoms with Crippen LogP contribution in [-0.2, 0) is 39.9 Å². The Morgan fingerprint density at radius 1 is 0.810 bits per heavy atom. The van der Waals surface area contributed by atoms with Crippen molar-refractivity contribution in [3.8, 4) is 0 Å². The van der Waals surface area contributed by atoms with Crippen molar-refractivity contribution in [2.24, 2.45) is 24.2 Å². The van der Waals surface area contributed by atoms with Gasteiger partial charge in [-0.15, -0.1) is 11.3 Å². The molecular weight excluding hydrogens is 758 g/mol. The number of hydrogen-bond donors (Lipinski definition) is 3. The topological polar surface area (TPSA) is 182 Å². The van der Waals surface area contributed by atoms with E-state index in [0.717, 1.165) is 51.5 Å². The zero-order valence-corrected chi connectivity index (χ0v) is 36.8. The first-order valence-corrected chi connectivity index (χ1v) is 20.1. The Hall–Kier alpha value is -4.15. The van der Waals surface area contributed by atoms with E-state index in [4.69, 9.17) is 50.0 Å². The van der Waals surface area contributed by atoms with E-state index in [2.05, 4.69) is 0 Å². The average Bonchev–Trinajstić information content (AvgIpc) is 3.98. The number of methoxy groups -OCH3 is 2. The smallest absolute Gasteiger partial charge is 0.465 e. The maximum absolute atomic E-state index is 11.8. The van der Waals surface area contributed by atoms with Crippen LogP contribution in [0.5, 0.6) is 0 Å². The molecule has 1 atom stereocenters. The molecule has 0 aliphatic carbocycles. The molecular formula is C42H60B2N4O9S. The van der Waals surface area contributed by atoms with Crippen LogP contribution in [0.2, 0.25) is 0 Å². The minimum Gasteiger partial charge on any atom is -0.465 e. The molecule has 1 unspecified atom stereocenters. The van der Waals surface area contributed by atoms with Gasteiger partial charge in [-0.05, 0) is 115 Å². The summed E-state index contributed by atoms with van der Waals surface area (Å²) in [4.78, 5) is 24.1. The second-order valence-corrected chi connectivity index (χ2v) is 17.3. The number of thiophene rings is 1. The van der Waals surface area contributed by atoms with Gasteiger partial charge in [0.25, 0.3) is 0 Å². The number of fused-ring (bicyclic) bond motifs is 2. The van der Waals surface area contributed by atoms with Crippen LogP contribution in [0.4, 0.5) is 0 Å². The number of nitrogens with zero attached hydrogens (tertiary/aromatic N) is 1. The van der Waals surface area contributed by atoms with Gasteiger partial charge in [0, 0.05) is 47.2 Å². The third-order valence-electron chi connectivity index (χ3n) is 11.0. The van der Waals surface area contributed by atoms with Gasteiger partial charge in [-0.1, -0.05) is 30.3 Å². The summed E-state index contributed by atoms with van der Waals surface area (Å²) in [6, 6.07) is 15.9. The molecule has 16 heteroatoms. The fraction of sp³-hybridized carbons (Fsp3) is 0.476. The van der Waals surface area contributed by atoms with Gasteiger partial charge in [0.05, 0.1) is 43.2 Å². The maximum atomic E-state index is 11.8. The molecule has 58 heavy (non-hydrogen) atoms.